The lowest BCUT2D eigenvalue weighted by Gasteiger charge is -2.36. The molecule has 1 saturated heterocycles. The third kappa shape index (κ3) is 3.24. The minimum absolute atomic E-state index is 0.605. The summed E-state index contributed by atoms with van der Waals surface area (Å²) in [6.07, 6.45) is 0. The first-order valence-corrected chi connectivity index (χ1v) is 6.78. The lowest BCUT2D eigenvalue weighted by molar-refractivity contribution is 0.167. The zero-order valence-corrected chi connectivity index (χ0v) is 11.6. The van der Waals surface area contributed by atoms with Crippen molar-refractivity contribution >= 4 is 0 Å². The summed E-state index contributed by atoms with van der Waals surface area (Å²) < 4.78 is 5.42. The lowest BCUT2D eigenvalue weighted by atomic mass is 10.0. The topological polar surface area (TPSA) is 24.5 Å². The maximum atomic E-state index is 5.42. The summed E-state index contributed by atoms with van der Waals surface area (Å²) in [4.78, 5) is 2.51. The molecule has 0 aliphatic carbocycles. The van der Waals surface area contributed by atoms with Crippen molar-refractivity contribution in [1.82, 2.24) is 10.2 Å². The van der Waals surface area contributed by atoms with Crippen LogP contribution in [-0.4, -0.2) is 37.7 Å². The van der Waals surface area contributed by atoms with Crippen LogP contribution in [0.5, 0.6) is 5.75 Å². The van der Waals surface area contributed by atoms with E-state index in [9.17, 15) is 0 Å². The standard InChI is InChI=1S/C15H24N2O/c1-12(2)14-11-17(9-8-16-14)10-13-6-4-5-7-15(13)18-3/h4-7,12,14,16H,8-11H2,1-3H3. The van der Waals surface area contributed by atoms with E-state index in [1.807, 2.05) is 12.1 Å². The van der Waals surface area contributed by atoms with Crippen molar-refractivity contribution < 1.29 is 4.74 Å². The second kappa shape index (κ2) is 6.21. The maximum absolute atomic E-state index is 5.42. The quantitative estimate of drug-likeness (QED) is 0.883. The van der Waals surface area contributed by atoms with Gasteiger partial charge in [0.2, 0.25) is 0 Å². The van der Waals surface area contributed by atoms with Gasteiger partial charge in [-0.3, -0.25) is 4.90 Å². The van der Waals surface area contributed by atoms with Crippen LogP contribution in [0.3, 0.4) is 0 Å². The highest BCUT2D eigenvalue weighted by Gasteiger charge is 2.22. The molecule has 1 fully saturated rings. The molecular weight excluding hydrogens is 224 g/mol. The van der Waals surface area contributed by atoms with Gasteiger partial charge < -0.3 is 10.1 Å². The number of ether oxygens (including phenoxy) is 1. The number of hydrogen-bond donors (Lipinski definition) is 1. The Hall–Kier alpha value is -1.06. The molecular formula is C15H24N2O. The normalized spacial score (nSPS) is 21.2. The van der Waals surface area contributed by atoms with E-state index in [-0.39, 0.29) is 0 Å². The van der Waals surface area contributed by atoms with Gasteiger partial charge in [-0.25, -0.2) is 0 Å². The van der Waals surface area contributed by atoms with Gasteiger partial charge in [0.1, 0.15) is 5.75 Å². The van der Waals surface area contributed by atoms with Crippen molar-refractivity contribution in [3.63, 3.8) is 0 Å². The van der Waals surface area contributed by atoms with Gasteiger partial charge in [-0.05, 0) is 12.0 Å². The molecule has 1 aliphatic heterocycles. The summed E-state index contributed by atoms with van der Waals surface area (Å²) in [5.74, 6) is 1.68. The van der Waals surface area contributed by atoms with E-state index in [0.717, 1.165) is 31.9 Å². The SMILES string of the molecule is COc1ccccc1CN1CCNC(C(C)C)C1. The molecule has 0 radical (unpaired) electrons. The molecule has 1 atom stereocenters. The lowest BCUT2D eigenvalue weighted by Crippen LogP contribution is -2.52. The number of benzene rings is 1. The maximum Gasteiger partial charge on any atom is 0.123 e. The van der Waals surface area contributed by atoms with Gasteiger partial charge in [-0.1, -0.05) is 32.0 Å². The van der Waals surface area contributed by atoms with Crippen LogP contribution in [0.1, 0.15) is 19.4 Å². The van der Waals surface area contributed by atoms with Crippen molar-refractivity contribution in [3.8, 4) is 5.75 Å². The van der Waals surface area contributed by atoms with Gasteiger partial charge >= 0.3 is 0 Å². The van der Waals surface area contributed by atoms with Crippen molar-refractivity contribution in [1.29, 1.82) is 0 Å². The van der Waals surface area contributed by atoms with E-state index in [1.54, 1.807) is 7.11 Å². The first-order valence-electron chi connectivity index (χ1n) is 6.78. The first-order chi connectivity index (χ1) is 8.70. The van der Waals surface area contributed by atoms with E-state index in [4.69, 9.17) is 4.74 Å². The summed E-state index contributed by atoms with van der Waals surface area (Å²) in [5.41, 5.74) is 1.28. The Balaban J connectivity index is 2.00. The minimum atomic E-state index is 0.605. The number of piperazine rings is 1. The molecule has 0 saturated carbocycles. The second-order valence-electron chi connectivity index (χ2n) is 5.35. The Morgan fingerprint density at radius 3 is 2.89 bits per heavy atom. The zero-order chi connectivity index (χ0) is 13.0. The van der Waals surface area contributed by atoms with Gasteiger partial charge in [0, 0.05) is 37.8 Å². The van der Waals surface area contributed by atoms with Crippen LogP contribution in [0.2, 0.25) is 0 Å². The van der Waals surface area contributed by atoms with Crippen molar-refractivity contribution in [3.05, 3.63) is 29.8 Å². The molecule has 0 spiro atoms. The van der Waals surface area contributed by atoms with Crippen LogP contribution in [0.15, 0.2) is 24.3 Å². The highest BCUT2D eigenvalue weighted by atomic mass is 16.5. The average molecular weight is 248 g/mol. The molecule has 100 valence electrons. The molecule has 1 aromatic rings. The Labute approximate surface area is 110 Å². The molecule has 1 aromatic carbocycles. The molecule has 0 aromatic heterocycles. The van der Waals surface area contributed by atoms with Crippen molar-refractivity contribution in [2.45, 2.75) is 26.4 Å². The summed E-state index contributed by atoms with van der Waals surface area (Å²) in [7, 11) is 1.74. The Bertz CT molecular complexity index is 379. The van der Waals surface area contributed by atoms with Gasteiger partial charge in [-0.15, -0.1) is 0 Å². The summed E-state index contributed by atoms with van der Waals surface area (Å²) in [6.45, 7) is 8.86. The third-order valence-corrected chi connectivity index (χ3v) is 3.68. The fraction of sp³-hybridized carbons (Fsp3) is 0.600. The van der Waals surface area contributed by atoms with Gasteiger partial charge in [0.05, 0.1) is 7.11 Å². The minimum Gasteiger partial charge on any atom is -0.496 e. The summed E-state index contributed by atoms with van der Waals surface area (Å²) >= 11 is 0. The molecule has 0 bridgehead atoms. The van der Waals surface area contributed by atoms with E-state index >= 15 is 0 Å². The van der Waals surface area contributed by atoms with E-state index in [0.29, 0.717) is 12.0 Å². The predicted octanol–water partition coefficient (Wildman–Crippen LogP) is 2.12. The van der Waals surface area contributed by atoms with Crippen LogP contribution in [0, 0.1) is 5.92 Å². The van der Waals surface area contributed by atoms with Gasteiger partial charge in [-0.2, -0.15) is 0 Å². The number of methoxy groups -OCH3 is 1. The van der Waals surface area contributed by atoms with Gasteiger partial charge in [0.15, 0.2) is 0 Å². The molecule has 0 amide bonds. The fourth-order valence-corrected chi connectivity index (χ4v) is 2.51. The van der Waals surface area contributed by atoms with Crippen molar-refractivity contribution in [2.75, 3.05) is 26.7 Å². The number of para-hydroxylation sites is 1. The third-order valence-electron chi connectivity index (χ3n) is 3.68. The Morgan fingerprint density at radius 2 is 2.17 bits per heavy atom. The van der Waals surface area contributed by atoms with Crippen LogP contribution < -0.4 is 10.1 Å². The van der Waals surface area contributed by atoms with Crippen LogP contribution in [0.4, 0.5) is 0 Å². The number of nitrogens with one attached hydrogen (secondary N) is 1. The molecule has 1 unspecified atom stereocenters. The zero-order valence-electron chi connectivity index (χ0n) is 11.6. The number of nitrogens with zero attached hydrogens (tertiary/aromatic N) is 1. The number of hydrogen-bond acceptors (Lipinski definition) is 3. The predicted molar refractivity (Wildman–Crippen MR) is 74.9 cm³/mol. The molecule has 1 aliphatic rings. The van der Waals surface area contributed by atoms with E-state index < -0.39 is 0 Å². The second-order valence-corrected chi connectivity index (χ2v) is 5.35. The van der Waals surface area contributed by atoms with Gasteiger partial charge in [0.25, 0.3) is 0 Å². The van der Waals surface area contributed by atoms with Crippen LogP contribution in [0.25, 0.3) is 0 Å². The average Bonchev–Trinajstić information content (AvgIpc) is 2.39. The summed E-state index contributed by atoms with van der Waals surface area (Å²) in [6, 6.07) is 8.91. The molecule has 1 heterocycles. The van der Waals surface area contributed by atoms with Crippen LogP contribution >= 0.6 is 0 Å². The van der Waals surface area contributed by atoms with Crippen LogP contribution in [-0.2, 0) is 6.54 Å². The highest BCUT2D eigenvalue weighted by Crippen LogP contribution is 2.20. The van der Waals surface area contributed by atoms with E-state index in [2.05, 4.69) is 36.2 Å². The summed E-state index contributed by atoms with van der Waals surface area (Å²) in [5, 5.41) is 3.59. The smallest absolute Gasteiger partial charge is 0.123 e. The molecule has 1 N–H and O–H groups in total. The molecule has 3 nitrogen and oxygen atoms in total. The molecule has 2 rings (SSSR count). The highest BCUT2D eigenvalue weighted by molar-refractivity contribution is 5.33. The largest absolute Gasteiger partial charge is 0.496 e. The number of rotatable bonds is 4. The Kier molecular flexibility index (Phi) is 4.61. The van der Waals surface area contributed by atoms with Crippen molar-refractivity contribution in [2.24, 2.45) is 5.92 Å². The van der Waals surface area contributed by atoms with E-state index in [1.165, 1.54) is 5.56 Å². The monoisotopic (exact) mass is 248 g/mol. The Morgan fingerprint density at radius 1 is 1.39 bits per heavy atom. The first kappa shape index (κ1) is 13.4. The molecule has 18 heavy (non-hydrogen) atoms. The fourth-order valence-electron chi connectivity index (χ4n) is 2.51. The molecule has 3 heteroatoms.